The van der Waals surface area contributed by atoms with Crippen molar-refractivity contribution in [3.8, 4) is 0 Å². The summed E-state index contributed by atoms with van der Waals surface area (Å²) >= 11 is 9.30. The molecule has 1 aromatic carbocycles. The highest BCUT2D eigenvalue weighted by Gasteiger charge is 2.21. The maximum atomic E-state index is 11.9. The molecule has 0 bridgehead atoms. The molecule has 2 N–H and O–H groups in total. The molecule has 0 aliphatic carbocycles. The van der Waals surface area contributed by atoms with Gasteiger partial charge in [-0.1, -0.05) is 31.0 Å². The lowest BCUT2D eigenvalue weighted by Crippen LogP contribution is -2.40. The van der Waals surface area contributed by atoms with Crippen LogP contribution >= 0.6 is 27.5 Å². The Labute approximate surface area is 121 Å². The molecule has 1 atom stereocenters. The average molecular weight is 335 g/mol. The van der Waals surface area contributed by atoms with Crippen molar-refractivity contribution in [1.29, 1.82) is 0 Å². The standard InChI is InChI=1S/C13H17BrClNO2/c1-3-7-13(2,18)8-16-12(17)9-5-4-6-10(14)11(9)15/h4-6,18H,3,7-8H2,1-2H3,(H,16,17). The zero-order valence-electron chi connectivity index (χ0n) is 10.5. The molecule has 0 saturated heterocycles. The molecule has 0 saturated carbocycles. The predicted octanol–water partition coefficient (Wildman–Crippen LogP) is 3.38. The van der Waals surface area contributed by atoms with Crippen LogP contribution in [0.4, 0.5) is 0 Å². The van der Waals surface area contributed by atoms with E-state index >= 15 is 0 Å². The number of carbonyl (C=O) groups is 1. The number of hydrogen-bond acceptors (Lipinski definition) is 2. The minimum Gasteiger partial charge on any atom is -0.388 e. The lowest BCUT2D eigenvalue weighted by Gasteiger charge is -2.23. The van der Waals surface area contributed by atoms with Crippen LogP contribution in [-0.4, -0.2) is 23.2 Å². The van der Waals surface area contributed by atoms with Gasteiger partial charge in [-0.2, -0.15) is 0 Å². The van der Waals surface area contributed by atoms with E-state index in [1.165, 1.54) is 0 Å². The van der Waals surface area contributed by atoms with Crippen LogP contribution in [0.5, 0.6) is 0 Å². The molecule has 0 spiro atoms. The fraction of sp³-hybridized carbons (Fsp3) is 0.462. The Bertz CT molecular complexity index is 435. The van der Waals surface area contributed by atoms with Gasteiger partial charge in [-0.15, -0.1) is 0 Å². The molecule has 0 radical (unpaired) electrons. The third-order valence-corrected chi connectivity index (χ3v) is 3.91. The number of aliphatic hydroxyl groups is 1. The molecule has 0 aliphatic rings. The second kappa shape index (κ2) is 6.55. The highest BCUT2D eigenvalue weighted by atomic mass is 79.9. The van der Waals surface area contributed by atoms with E-state index in [2.05, 4.69) is 21.2 Å². The zero-order valence-corrected chi connectivity index (χ0v) is 12.8. The first-order valence-corrected chi connectivity index (χ1v) is 6.99. The van der Waals surface area contributed by atoms with E-state index in [9.17, 15) is 9.90 Å². The number of amides is 1. The maximum absolute atomic E-state index is 11.9. The van der Waals surface area contributed by atoms with Crippen LogP contribution in [0.1, 0.15) is 37.0 Å². The summed E-state index contributed by atoms with van der Waals surface area (Å²) in [5, 5.41) is 13.1. The Morgan fingerprint density at radius 3 is 2.83 bits per heavy atom. The predicted molar refractivity (Wildman–Crippen MR) is 77.0 cm³/mol. The van der Waals surface area contributed by atoms with E-state index < -0.39 is 5.60 Å². The highest BCUT2D eigenvalue weighted by Crippen LogP contribution is 2.25. The molecule has 3 nitrogen and oxygen atoms in total. The van der Waals surface area contributed by atoms with Crippen molar-refractivity contribution in [2.24, 2.45) is 0 Å². The monoisotopic (exact) mass is 333 g/mol. The normalized spacial score (nSPS) is 14.1. The Kier molecular flexibility index (Phi) is 5.63. The second-order valence-corrected chi connectivity index (χ2v) is 5.76. The first-order chi connectivity index (χ1) is 8.37. The van der Waals surface area contributed by atoms with Gasteiger partial charge in [0, 0.05) is 11.0 Å². The van der Waals surface area contributed by atoms with Crippen molar-refractivity contribution in [1.82, 2.24) is 5.32 Å². The molecule has 0 aromatic heterocycles. The van der Waals surface area contributed by atoms with Crippen LogP contribution in [0.25, 0.3) is 0 Å². The molecule has 0 fully saturated rings. The van der Waals surface area contributed by atoms with Gasteiger partial charge < -0.3 is 10.4 Å². The largest absolute Gasteiger partial charge is 0.388 e. The fourth-order valence-electron chi connectivity index (χ4n) is 1.67. The van der Waals surface area contributed by atoms with E-state index in [-0.39, 0.29) is 12.5 Å². The summed E-state index contributed by atoms with van der Waals surface area (Å²) in [6.45, 7) is 3.91. The summed E-state index contributed by atoms with van der Waals surface area (Å²) in [5.41, 5.74) is -0.485. The molecular weight excluding hydrogens is 318 g/mol. The number of benzene rings is 1. The van der Waals surface area contributed by atoms with Crippen molar-refractivity contribution in [2.75, 3.05) is 6.54 Å². The third kappa shape index (κ3) is 4.26. The van der Waals surface area contributed by atoms with Crippen LogP contribution in [-0.2, 0) is 0 Å². The molecule has 1 aromatic rings. The highest BCUT2D eigenvalue weighted by molar-refractivity contribution is 9.10. The molecule has 5 heteroatoms. The third-order valence-electron chi connectivity index (χ3n) is 2.61. The van der Waals surface area contributed by atoms with Gasteiger partial charge in [0.25, 0.3) is 5.91 Å². The second-order valence-electron chi connectivity index (χ2n) is 4.53. The summed E-state index contributed by atoms with van der Waals surface area (Å²) in [6.07, 6.45) is 1.50. The Balaban J connectivity index is 2.69. The summed E-state index contributed by atoms with van der Waals surface area (Å²) < 4.78 is 0.678. The minimum absolute atomic E-state index is 0.211. The van der Waals surface area contributed by atoms with E-state index in [0.29, 0.717) is 21.5 Å². The first kappa shape index (κ1) is 15.5. The van der Waals surface area contributed by atoms with Crippen molar-refractivity contribution in [2.45, 2.75) is 32.3 Å². The van der Waals surface area contributed by atoms with E-state index in [0.717, 1.165) is 6.42 Å². The molecule has 18 heavy (non-hydrogen) atoms. The van der Waals surface area contributed by atoms with Gasteiger partial charge in [-0.25, -0.2) is 0 Å². The summed E-state index contributed by atoms with van der Waals surface area (Å²) in [7, 11) is 0. The maximum Gasteiger partial charge on any atom is 0.252 e. The van der Waals surface area contributed by atoms with Crippen molar-refractivity contribution >= 4 is 33.4 Å². The average Bonchev–Trinajstić information content (AvgIpc) is 2.30. The summed E-state index contributed by atoms with van der Waals surface area (Å²) in [4.78, 5) is 11.9. The number of nitrogens with one attached hydrogen (secondary N) is 1. The quantitative estimate of drug-likeness (QED) is 0.867. The van der Waals surface area contributed by atoms with Gasteiger partial charge in [0.2, 0.25) is 0 Å². The Morgan fingerprint density at radius 1 is 1.56 bits per heavy atom. The smallest absolute Gasteiger partial charge is 0.252 e. The van der Waals surface area contributed by atoms with Crippen molar-refractivity contribution < 1.29 is 9.90 Å². The van der Waals surface area contributed by atoms with Crippen LogP contribution in [0.3, 0.4) is 0 Å². The van der Waals surface area contributed by atoms with Crippen LogP contribution < -0.4 is 5.32 Å². The van der Waals surface area contributed by atoms with Crippen molar-refractivity contribution in [3.05, 3.63) is 33.3 Å². The molecular formula is C13H17BrClNO2. The van der Waals surface area contributed by atoms with Crippen molar-refractivity contribution in [3.63, 3.8) is 0 Å². The van der Waals surface area contributed by atoms with E-state index in [1.54, 1.807) is 25.1 Å². The minimum atomic E-state index is -0.886. The first-order valence-electron chi connectivity index (χ1n) is 5.82. The fourth-order valence-corrected chi connectivity index (χ4v) is 2.25. The van der Waals surface area contributed by atoms with Crippen LogP contribution in [0.15, 0.2) is 22.7 Å². The number of carbonyl (C=O) groups excluding carboxylic acids is 1. The molecule has 1 unspecified atom stereocenters. The van der Waals surface area contributed by atoms with Gasteiger partial charge in [0.1, 0.15) is 0 Å². The van der Waals surface area contributed by atoms with E-state index in [4.69, 9.17) is 11.6 Å². The van der Waals surface area contributed by atoms with Gasteiger partial charge in [0.05, 0.1) is 16.2 Å². The molecule has 100 valence electrons. The number of rotatable bonds is 5. The Morgan fingerprint density at radius 2 is 2.22 bits per heavy atom. The number of hydrogen-bond donors (Lipinski definition) is 2. The molecule has 0 aliphatic heterocycles. The van der Waals surface area contributed by atoms with Gasteiger partial charge in [-0.3, -0.25) is 4.79 Å². The van der Waals surface area contributed by atoms with Crippen LogP contribution in [0, 0.1) is 0 Å². The lowest BCUT2D eigenvalue weighted by molar-refractivity contribution is 0.0469. The Hall–Kier alpha value is -0.580. The molecule has 1 amide bonds. The molecule has 1 rings (SSSR count). The summed E-state index contributed by atoms with van der Waals surface area (Å²) in [5.74, 6) is -0.280. The lowest BCUT2D eigenvalue weighted by atomic mass is 10.0. The van der Waals surface area contributed by atoms with Gasteiger partial charge >= 0.3 is 0 Å². The van der Waals surface area contributed by atoms with E-state index in [1.807, 2.05) is 6.92 Å². The summed E-state index contributed by atoms with van der Waals surface area (Å²) in [6, 6.07) is 5.17. The zero-order chi connectivity index (χ0) is 13.8. The SMILES string of the molecule is CCCC(C)(O)CNC(=O)c1cccc(Br)c1Cl. The van der Waals surface area contributed by atoms with Gasteiger partial charge in [-0.05, 0) is 41.4 Å². The number of halogens is 2. The topological polar surface area (TPSA) is 49.3 Å². The molecule has 0 heterocycles. The van der Waals surface area contributed by atoms with Gasteiger partial charge in [0.15, 0.2) is 0 Å². The van der Waals surface area contributed by atoms with Crippen LogP contribution in [0.2, 0.25) is 5.02 Å².